The van der Waals surface area contributed by atoms with E-state index in [0.29, 0.717) is 11.1 Å². The summed E-state index contributed by atoms with van der Waals surface area (Å²) in [6.07, 6.45) is 0. The second kappa shape index (κ2) is 5.52. The molecule has 19 heavy (non-hydrogen) atoms. The van der Waals surface area contributed by atoms with Gasteiger partial charge in [0.15, 0.2) is 0 Å². The maximum atomic E-state index is 13.6. The number of carbonyl (C=O) groups is 1. The van der Waals surface area contributed by atoms with E-state index >= 15 is 0 Å². The molecule has 0 heterocycles. The van der Waals surface area contributed by atoms with Crippen molar-refractivity contribution in [2.75, 3.05) is 5.32 Å². The molecule has 3 nitrogen and oxygen atoms in total. The summed E-state index contributed by atoms with van der Waals surface area (Å²) in [4.78, 5) is 11.0. The molecule has 98 valence electrons. The van der Waals surface area contributed by atoms with Gasteiger partial charge in [0.25, 0.3) is 0 Å². The van der Waals surface area contributed by atoms with Gasteiger partial charge in [-0.2, -0.15) is 0 Å². The number of primary amides is 1. The first kappa shape index (κ1) is 13.1. The number of rotatable bonds is 4. The Morgan fingerprint density at radius 1 is 1.16 bits per heavy atom. The number of nitrogens with two attached hydrogens (primary N) is 1. The number of halogens is 1. The lowest BCUT2D eigenvalue weighted by Gasteiger charge is -2.16. The van der Waals surface area contributed by atoms with E-state index in [1.807, 2.05) is 6.92 Å². The molecule has 0 saturated carbocycles. The highest BCUT2D eigenvalue weighted by molar-refractivity contribution is 5.93. The second-order valence-electron chi connectivity index (χ2n) is 4.33. The summed E-state index contributed by atoms with van der Waals surface area (Å²) in [5.41, 5.74) is 7.02. The van der Waals surface area contributed by atoms with Gasteiger partial charge in [0.1, 0.15) is 5.82 Å². The predicted molar refractivity (Wildman–Crippen MR) is 73.4 cm³/mol. The molecular formula is C15H15FN2O. The van der Waals surface area contributed by atoms with Crippen molar-refractivity contribution in [1.82, 2.24) is 0 Å². The predicted octanol–water partition coefficient (Wildman–Crippen LogP) is 3.10. The minimum absolute atomic E-state index is 0.166. The van der Waals surface area contributed by atoms with Gasteiger partial charge in [0, 0.05) is 16.8 Å². The fourth-order valence-corrected chi connectivity index (χ4v) is 1.88. The quantitative estimate of drug-likeness (QED) is 0.885. The lowest BCUT2D eigenvalue weighted by Crippen LogP contribution is -2.11. The smallest absolute Gasteiger partial charge is 0.248 e. The normalized spacial score (nSPS) is 11.9. The first-order chi connectivity index (χ1) is 9.08. The van der Waals surface area contributed by atoms with E-state index in [1.165, 1.54) is 6.07 Å². The summed E-state index contributed by atoms with van der Waals surface area (Å²) >= 11 is 0. The molecule has 0 spiro atoms. The van der Waals surface area contributed by atoms with Crippen LogP contribution in [0.3, 0.4) is 0 Å². The standard InChI is InChI=1S/C15H15FN2O/c1-10(13-4-2-3-5-14(13)16)18-12-8-6-11(7-9-12)15(17)19/h2-10,18H,1H3,(H2,17,19). The first-order valence-corrected chi connectivity index (χ1v) is 5.99. The lowest BCUT2D eigenvalue weighted by molar-refractivity contribution is 0.100. The summed E-state index contributed by atoms with van der Waals surface area (Å²) in [5, 5.41) is 3.17. The van der Waals surface area contributed by atoms with Crippen LogP contribution >= 0.6 is 0 Å². The van der Waals surface area contributed by atoms with E-state index in [4.69, 9.17) is 5.73 Å². The summed E-state index contributed by atoms with van der Waals surface area (Å²) in [7, 11) is 0. The summed E-state index contributed by atoms with van der Waals surface area (Å²) in [6.45, 7) is 1.88. The van der Waals surface area contributed by atoms with Crippen molar-refractivity contribution in [1.29, 1.82) is 0 Å². The van der Waals surface area contributed by atoms with E-state index in [9.17, 15) is 9.18 Å². The molecule has 1 atom stereocenters. The van der Waals surface area contributed by atoms with Gasteiger partial charge in [0.05, 0.1) is 6.04 Å². The monoisotopic (exact) mass is 258 g/mol. The molecule has 1 amide bonds. The molecule has 0 aromatic heterocycles. The Morgan fingerprint density at radius 3 is 2.37 bits per heavy atom. The zero-order valence-corrected chi connectivity index (χ0v) is 10.6. The van der Waals surface area contributed by atoms with Crippen molar-refractivity contribution in [3.05, 3.63) is 65.5 Å². The maximum Gasteiger partial charge on any atom is 0.248 e. The summed E-state index contributed by atoms with van der Waals surface area (Å²) < 4.78 is 13.6. The van der Waals surface area contributed by atoms with Crippen LogP contribution in [-0.4, -0.2) is 5.91 Å². The van der Waals surface area contributed by atoms with Crippen LogP contribution in [0.4, 0.5) is 10.1 Å². The fraction of sp³-hybridized carbons (Fsp3) is 0.133. The Bertz CT molecular complexity index is 581. The molecule has 2 aromatic carbocycles. The minimum atomic E-state index is -0.464. The van der Waals surface area contributed by atoms with E-state index < -0.39 is 5.91 Å². The molecule has 0 saturated heterocycles. The van der Waals surface area contributed by atoms with E-state index in [0.717, 1.165) is 5.69 Å². The lowest BCUT2D eigenvalue weighted by atomic mass is 10.1. The van der Waals surface area contributed by atoms with Crippen molar-refractivity contribution < 1.29 is 9.18 Å². The van der Waals surface area contributed by atoms with Crippen LogP contribution < -0.4 is 11.1 Å². The molecule has 1 unspecified atom stereocenters. The van der Waals surface area contributed by atoms with E-state index in [2.05, 4.69) is 5.32 Å². The third-order valence-corrected chi connectivity index (χ3v) is 2.92. The average molecular weight is 258 g/mol. The number of nitrogens with one attached hydrogen (secondary N) is 1. The highest BCUT2D eigenvalue weighted by Gasteiger charge is 2.10. The van der Waals surface area contributed by atoms with Gasteiger partial charge in [-0.15, -0.1) is 0 Å². The van der Waals surface area contributed by atoms with Crippen LogP contribution in [-0.2, 0) is 0 Å². The molecular weight excluding hydrogens is 243 g/mol. The molecule has 2 rings (SSSR count). The minimum Gasteiger partial charge on any atom is -0.378 e. The number of anilines is 1. The molecule has 0 radical (unpaired) electrons. The summed E-state index contributed by atoms with van der Waals surface area (Å²) in [6, 6.07) is 13.2. The average Bonchev–Trinajstić information content (AvgIpc) is 2.39. The molecule has 0 aliphatic carbocycles. The molecule has 4 heteroatoms. The molecule has 0 fully saturated rings. The van der Waals surface area contributed by atoms with Gasteiger partial charge in [-0.25, -0.2) is 4.39 Å². The van der Waals surface area contributed by atoms with Crippen LogP contribution in [0, 0.1) is 5.82 Å². The summed E-state index contributed by atoms with van der Waals surface area (Å²) in [5.74, 6) is -0.704. The van der Waals surface area contributed by atoms with Crippen LogP contribution in [0.1, 0.15) is 28.9 Å². The Balaban J connectivity index is 2.13. The van der Waals surface area contributed by atoms with Gasteiger partial charge in [0.2, 0.25) is 5.91 Å². The number of amides is 1. The second-order valence-corrected chi connectivity index (χ2v) is 4.33. The van der Waals surface area contributed by atoms with Crippen LogP contribution in [0.2, 0.25) is 0 Å². The number of hydrogen-bond acceptors (Lipinski definition) is 2. The van der Waals surface area contributed by atoms with Gasteiger partial charge < -0.3 is 11.1 Å². The zero-order chi connectivity index (χ0) is 13.8. The third kappa shape index (κ3) is 3.10. The SMILES string of the molecule is CC(Nc1ccc(C(N)=O)cc1)c1ccccc1F. The Morgan fingerprint density at radius 2 is 1.79 bits per heavy atom. The van der Waals surface area contributed by atoms with Crippen LogP contribution in [0.5, 0.6) is 0 Å². The first-order valence-electron chi connectivity index (χ1n) is 5.99. The Kier molecular flexibility index (Phi) is 3.80. The van der Waals surface area contributed by atoms with Crippen molar-refractivity contribution >= 4 is 11.6 Å². The molecule has 0 aliphatic rings. The van der Waals surface area contributed by atoms with E-state index in [1.54, 1.807) is 42.5 Å². The molecule has 0 bridgehead atoms. The molecule has 0 aliphatic heterocycles. The third-order valence-electron chi connectivity index (χ3n) is 2.92. The topological polar surface area (TPSA) is 55.1 Å². The molecule has 3 N–H and O–H groups in total. The van der Waals surface area contributed by atoms with Gasteiger partial charge in [-0.05, 0) is 37.3 Å². The molecule has 2 aromatic rings. The van der Waals surface area contributed by atoms with Gasteiger partial charge >= 0.3 is 0 Å². The van der Waals surface area contributed by atoms with Crippen molar-refractivity contribution in [2.24, 2.45) is 5.73 Å². The van der Waals surface area contributed by atoms with Crippen molar-refractivity contribution in [2.45, 2.75) is 13.0 Å². The Labute approximate surface area is 111 Å². The van der Waals surface area contributed by atoms with Crippen LogP contribution in [0.25, 0.3) is 0 Å². The largest absolute Gasteiger partial charge is 0.378 e. The highest BCUT2D eigenvalue weighted by Crippen LogP contribution is 2.21. The zero-order valence-electron chi connectivity index (χ0n) is 10.6. The van der Waals surface area contributed by atoms with Crippen molar-refractivity contribution in [3.63, 3.8) is 0 Å². The number of carbonyl (C=O) groups excluding carboxylic acids is 1. The van der Waals surface area contributed by atoms with Crippen molar-refractivity contribution in [3.8, 4) is 0 Å². The van der Waals surface area contributed by atoms with Crippen LogP contribution in [0.15, 0.2) is 48.5 Å². The van der Waals surface area contributed by atoms with Gasteiger partial charge in [-0.3, -0.25) is 4.79 Å². The Hall–Kier alpha value is -2.36. The maximum absolute atomic E-state index is 13.6. The van der Waals surface area contributed by atoms with E-state index in [-0.39, 0.29) is 11.9 Å². The number of hydrogen-bond donors (Lipinski definition) is 2. The van der Waals surface area contributed by atoms with Gasteiger partial charge in [-0.1, -0.05) is 18.2 Å². The fourth-order valence-electron chi connectivity index (χ4n) is 1.88. The number of benzene rings is 2. The highest BCUT2D eigenvalue weighted by atomic mass is 19.1.